The van der Waals surface area contributed by atoms with Crippen LogP contribution in [0.25, 0.3) is 0 Å². The molecule has 1 atom stereocenters. The third kappa shape index (κ3) is 2.67. The highest BCUT2D eigenvalue weighted by molar-refractivity contribution is 5.92. The molecule has 1 N–H and O–H groups in total. The molecule has 2 aromatic rings. The van der Waals surface area contributed by atoms with Gasteiger partial charge in [0.1, 0.15) is 23.8 Å². The van der Waals surface area contributed by atoms with Gasteiger partial charge in [0, 0.05) is 18.5 Å². The second-order valence-corrected chi connectivity index (χ2v) is 6.27. The zero-order valence-corrected chi connectivity index (χ0v) is 12.9. The first-order valence-electron chi connectivity index (χ1n) is 7.96. The fourth-order valence-corrected chi connectivity index (χ4v) is 3.08. The van der Waals surface area contributed by atoms with Crippen molar-refractivity contribution >= 4 is 5.91 Å². The molecule has 2 aliphatic rings. The van der Waals surface area contributed by atoms with Crippen LogP contribution in [0.1, 0.15) is 65.5 Å². The van der Waals surface area contributed by atoms with E-state index in [0.717, 1.165) is 31.4 Å². The third-order valence-electron chi connectivity index (χ3n) is 4.38. The Morgan fingerprint density at radius 3 is 2.87 bits per heavy atom. The van der Waals surface area contributed by atoms with Gasteiger partial charge in [0.2, 0.25) is 5.89 Å². The molecule has 120 valence electrons. The Kier molecular flexibility index (Phi) is 3.28. The summed E-state index contributed by atoms with van der Waals surface area (Å²) in [4.78, 5) is 37.8. The van der Waals surface area contributed by atoms with Crippen LogP contribution in [0.4, 0.5) is 0 Å². The van der Waals surface area contributed by atoms with Crippen molar-refractivity contribution < 1.29 is 9.21 Å². The molecule has 0 bridgehead atoms. The normalized spacial score (nSPS) is 20.9. The summed E-state index contributed by atoms with van der Waals surface area (Å²) in [6.45, 7) is 2.48. The van der Waals surface area contributed by atoms with Crippen molar-refractivity contribution in [3.8, 4) is 0 Å². The Morgan fingerprint density at radius 2 is 2.17 bits per heavy atom. The summed E-state index contributed by atoms with van der Waals surface area (Å²) < 4.78 is 5.47. The van der Waals surface area contributed by atoms with Crippen LogP contribution in [-0.4, -0.2) is 32.3 Å². The summed E-state index contributed by atoms with van der Waals surface area (Å²) in [5.41, 5.74) is 0.739. The molecule has 0 radical (unpaired) electrons. The summed E-state index contributed by atoms with van der Waals surface area (Å²) in [6, 6.07) is 1.10. The summed E-state index contributed by atoms with van der Waals surface area (Å²) in [7, 11) is 0. The van der Waals surface area contributed by atoms with Crippen LogP contribution in [0, 0.1) is 6.92 Å². The van der Waals surface area contributed by atoms with E-state index in [1.54, 1.807) is 11.2 Å². The van der Waals surface area contributed by atoms with Crippen LogP contribution in [0.15, 0.2) is 21.5 Å². The van der Waals surface area contributed by atoms with Crippen molar-refractivity contribution in [1.29, 1.82) is 0 Å². The predicted octanol–water partition coefficient (Wildman–Crippen LogP) is 1.92. The van der Waals surface area contributed by atoms with Gasteiger partial charge >= 0.3 is 0 Å². The van der Waals surface area contributed by atoms with Crippen LogP contribution < -0.4 is 5.56 Å². The first kappa shape index (κ1) is 14.2. The quantitative estimate of drug-likeness (QED) is 0.934. The Bertz CT molecular complexity index is 806. The molecule has 0 aromatic carbocycles. The molecule has 2 fully saturated rings. The molecule has 3 heterocycles. The van der Waals surface area contributed by atoms with Crippen LogP contribution >= 0.6 is 0 Å². The lowest BCUT2D eigenvalue weighted by atomic mass is 10.2. The largest absolute Gasteiger partial charge is 0.446 e. The van der Waals surface area contributed by atoms with E-state index in [4.69, 9.17) is 4.42 Å². The van der Waals surface area contributed by atoms with Crippen LogP contribution in [-0.2, 0) is 0 Å². The lowest BCUT2D eigenvalue weighted by Crippen LogP contribution is -2.32. The van der Waals surface area contributed by atoms with Gasteiger partial charge in [-0.2, -0.15) is 0 Å². The van der Waals surface area contributed by atoms with Gasteiger partial charge in [-0.05, 0) is 32.6 Å². The third-order valence-corrected chi connectivity index (χ3v) is 4.38. The van der Waals surface area contributed by atoms with Crippen molar-refractivity contribution in [2.75, 3.05) is 6.54 Å². The van der Waals surface area contributed by atoms with Crippen molar-refractivity contribution in [3.05, 3.63) is 45.8 Å². The molecule has 1 aliphatic heterocycles. The first-order valence-corrected chi connectivity index (χ1v) is 7.96. The van der Waals surface area contributed by atoms with Crippen molar-refractivity contribution in [3.63, 3.8) is 0 Å². The number of H-pyrrole nitrogens is 1. The van der Waals surface area contributed by atoms with Gasteiger partial charge in [0.25, 0.3) is 11.5 Å². The fourth-order valence-electron chi connectivity index (χ4n) is 3.08. The highest BCUT2D eigenvalue weighted by atomic mass is 16.3. The van der Waals surface area contributed by atoms with Crippen molar-refractivity contribution in [1.82, 2.24) is 19.9 Å². The average molecular weight is 314 g/mol. The van der Waals surface area contributed by atoms with E-state index < -0.39 is 0 Å². The predicted molar refractivity (Wildman–Crippen MR) is 81.1 cm³/mol. The van der Waals surface area contributed by atoms with Gasteiger partial charge in [-0.3, -0.25) is 9.59 Å². The molecule has 7 heteroatoms. The number of amides is 1. The van der Waals surface area contributed by atoms with E-state index in [2.05, 4.69) is 15.0 Å². The lowest BCUT2D eigenvalue weighted by Gasteiger charge is -2.22. The van der Waals surface area contributed by atoms with Gasteiger partial charge in [-0.25, -0.2) is 9.97 Å². The lowest BCUT2D eigenvalue weighted by molar-refractivity contribution is 0.0709. The van der Waals surface area contributed by atoms with Gasteiger partial charge in [0.05, 0.1) is 5.69 Å². The zero-order chi connectivity index (χ0) is 16.0. The van der Waals surface area contributed by atoms with Crippen LogP contribution in [0.3, 0.4) is 0 Å². The standard InChI is InChI=1S/C16H18N4O3/c1-9-8-23-15(17-9)12-3-2-6-20(12)16(22)11-7-13(21)19-14(18-11)10-4-5-10/h7-8,10,12H,2-6H2,1H3,(H,18,19,21). The van der Waals surface area contributed by atoms with Gasteiger partial charge in [0.15, 0.2) is 0 Å². The van der Waals surface area contributed by atoms with E-state index in [9.17, 15) is 9.59 Å². The molecule has 2 aromatic heterocycles. The van der Waals surface area contributed by atoms with Crippen molar-refractivity contribution in [2.45, 2.75) is 44.6 Å². The van der Waals surface area contributed by atoms with Crippen LogP contribution in [0.5, 0.6) is 0 Å². The van der Waals surface area contributed by atoms with Crippen LogP contribution in [0.2, 0.25) is 0 Å². The molecular formula is C16H18N4O3. The Balaban J connectivity index is 1.64. The topological polar surface area (TPSA) is 92.1 Å². The molecule has 1 amide bonds. The Labute approximate surface area is 132 Å². The number of aromatic amines is 1. The molecular weight excluding hydrogens is 296 g/mol. The number of oxazole rings is 1. The zero-order valence-electron chi connectivity index (χ0n) is 12.9. The van der Waals surface area contributed by atoms with Crippen molar-refractivity contribution in [2.24, 2.45) is 0 Å². The molecule has 1 unspecified atom stereocenters. The number of carbonyl (C=O) groups is 1. The summed E-state index contributed by atoms with van der Waals surface area (Å²) in [5.74, 6) is 1.25. The number of aromatic nitrogens is 3. The van der Waals surface area contributed by atoms with E-state index >= 15 is 0 Å². The summed E-state index contributed by atoms with van der Waals surface area (Å²) in [5, 5.41) is 0. The van der Waals surface area contributed by atoms with E-state index in [1.807, 2.05) is 6.92 Å². The molecule has 1 saturated carbocycles. The number of aryl methyl sites for hydroxylation is 1. The highest BCUT2D eigenvalue weighted by Crippen LogP contribution is 2.38. The number of hydrogen-bond donors (Lipinski definition) is 1. The Morgan fingerprint density at radius 1 is 1.35 bits per heavy atom. The Hall–Kier alpha value is -2.44. The molecule has 1 aliphatic carbocycles. The number of hydrogen-bond acceptors (Lipinski definition) is 5. The monoisotopic (exact) mass is 314 g/mol. The first-order chi connectivity index (χ1) is 11.1. The smallest absolute Gasteiger partial charge is 0.273 e. The van der Waals surface area contributed by atoms with Gasteiger partial charge < -0.3 is 14.3 Å². The molecule has 0 spiro atoms. The second kappa shape index (κ2) is 5.33. The second-order valence-electron chi connectivity index (χ2n) is 6.27. The molecule has 4 rings (SSSR count). The minimum atomic E-state index is -0.270. The van der Waals surface area contributed by atoms with E-state index in [0.29, 0.717) is 24.2 Å². The maximum Gasteiger partial charge on any atom is 0.273 e. The minimum absolute atomic E-state index is 0.179. The van der Waals surface area contributed by atoms with Gasteiger partial charge in [-0.15, -0.1) is 0 Å². The average Bonchev–Trinajstić information content (AvgIpc) is 3.11. The van der Waals surface area contributed by atoms with E-state index in [1.165, 1.54) is 6.07 Å². The highest BCUT2D eigenvalue weighted by Gasteiger charge is 2.35. The fraction of sp³-hybridized carbons (Fsp3) is 0.500. The maximum atomic E-state index is 12.8. The SMILES string of the molecule is Cc1coc(C2CCCN2C(=O)c2cc(=O)[nH]c(C3CC3)n2)n1. The number of nitrogens with zero attached hydrogens (tertiary/aromatic N) is 3. The molecule has 7 nitrogen and oxygen atoms in total. The molecule has 23 heavy (non-hydrogen) atoms. The summed E-state index contributed by atoms with van der Waals surface area (Å²) >= 11 is 0. The van der Waals surface area contributed by atoms with E-state index in [-0.39, 0.29) is 23.2 Å². The summed E-state index contributed by atoms with van der Waals surface area (Å²) in [6.07, 6.45) is 5.32. The number of likely N-dealkylation sites (tertiary alicyclic amines) is 1. The minimum Gasteiger partial charge on any atom is -0.446 e. The number of carbonyl (C=O) groups excluding carboxylic acids is 1. The molecule has 1 saturated heterocycles. The van der Waals surface area contributed by atoms with Gasteiger partial charge in [-0.1, -0.05) is 0 Å². The number of rotatable bonds is 3. The maximum absolute atomic E-state index is 12.8. The number of nitrogens with one attached hydrogen (secondary N) is 1.